The number of aliphatic hydroxyl groups excluding tert-OH is 2. The molecule has 0 saturated carbocycles. The predicted molar refractivity (Wildman–Crippen MR) is 80.6 cm³/mol. The summed E-state index contributed by atoms with van der Waals surface area (Å²) in [5.74, 6) is -0.504. The normalized spacial score (nSPS) is 13.4. The maximum absolute atomic E-state index is 12.0. The predicted octanol–water partition coefficient (Wildman–Crippen LogP) is 1.44. The molecule has 4 heteroatoms. The van der Waals surface area contributed by atoms with Crippen LogP contribution in [-0.2, 0) is 11.2 Å². The van der Waals surface area contributed by atoms with Gasteiger partial charge in [0, 0.05) is 0 Å². The highest BCUT2D eigenvalue weighted by Crippen LogP contribution is 2.12. The molecule has 1 amide bonds. The Balaban J connectivity index is 1.96. The lowest BCUT2D eigenvalue weighted by Gasteiger charge is -2.19. The number of amides is 1. The highest BCUT2D eigenvalue weighted by Gasteiger charge is 2.20. The Morgan fingerprint density at radius 3 is 2.14 bits per heavy atom. The average Bonchev–Trinajstić information content (AvgIpc) is 2.55. The summed E-state index contributed by atoms with van der Waals surface area (Å²) < 4.78 is 0. The van der Waals surface area contributed by atoms with Gasteiger partial charge in [0.2, 0.25) is 0 Å². The molecule has 21 heavy (non-hydrogen) atoms. The Labute approximate surface area is 124 Å². The molecule has 0 bridgehead atoms. The number of hydrogen-bond donors (Lipinski definition) is 3. The third-order valence-electron chi connectivity index (χ3n) is 3.26. The van der Waals surface area contributed by atoms with Crippen LogP contribution in [0.3, 0.4) is 0 Å². The van der Waals surface area contributed by atoms with Crippen molar-refractivity contribution in [2.24, 2.45) is 0 Å². The first-order valence-electron chi connectivity index (χ1n) is 6.89. The molecular weight excluding hydrogens is 266 g/mol. The first-order valence-corrected chi connectivity index (χ1v) is 6.89. The molecule has 0 heterocycles. The van der Waals surface area contributed by atoms with Crippen LogP contribution in [0.4, 0.5) is 0 Å². The molecule has 0 aliphatic heterocycles. The van der Waals surface area contributed by atoms with Crippen LogP contribution in [0.15, 0.2) is 60.7 Å². The van der Waals surface area contributed by atoms with Crippen LogP contribution in [0.5, 0.6) is 0 Å². The number of aliphatic hydroxyl groups is 2. The fourth-order valence-electron chi connectivity index (χ4n) is 2.13. The van der Waals surface area contributed by atoms with E-state index in [0.29, 0.717) is 12.0 Å². The van der Waals surface area contributed by atoms with E-state index in [9.17, 15) is 15.0 Å². The summed E-state index contributed by atoms with van der Waals surface area (Å²) in [5, 5.41) is 22.1. The molecular formula is C17H19NO3. The third-order valence-corrected chi connectivity index (χ3v) is 3.26. The monoisotopic (exact) mass is 285 g/mol. The molecule has 2 atom stereocenters. The first-order chi connectivity index (χ1) is 10.2. The molecule has 0 spiro atoms. The lowest BCUT2D eigenvalue weighted by atomic mass is 10.0. The van der Waals surface area contributed by atoms with Crippen molar-refractivity contribution in [3.8, 4) is 0 Å². The summed E-state index contributed by atoms with van der Waals surface area (Å²) >= 11 is 0. The molecule has 0 saturated heterocycles. The van der Waals surface area contributed by atoms with Gasteiger partial charge >= 0.3 is 0 Å². The summed E-state index contributed by atoms with van der Waals surface area (Å²) in [6.45, 7) is -0.178. The number of carbonyl (C=O) groups is 1. The van der Waals surface area contributed by atoms with Crippen LogP contribution in [0.25, 0.3) is 0 Å². The minimum absolute atomic E-state index is 0.178. The van der Waals surface area contributed by atoms with Crippen molar-refractivity contribution in [3.63, 3.8) is 0 Å². The zero-order valence-electron chi connectivity index (χ0n) is 11.6. The molecule has 3 N–H and O–H groups in total. The molecule has 0 fully saturated rings. The number of rotatable bonds is 6. The zero-order valence-corrected chi connectivity index (χ0v) is 11.6. The van der Waals surface area contributed by atoms with E-state index in [1.54, 1.807) is 24.3 Å². The van der Waals surface area contributed by atoms with Crippen LogP contribution < -0.4 is 5.32 Å². The van der Waals surface area contributed by atoms with Gasteiger partial charge in [-0.25, -0.2) is 0 Å². The number of benzene rings is 2. The standard InChI is InChI=1S/C17H19NO3/c19-12-15(11-13-7-3-1-4-8-13)18-17(21)16(20)14-9-5-2-6-10-14/h1-10,15-16,19-20H,11-12H2,(H,18,21)/t15-,16+/m1/s1. The van der Waals surface area contributed by atoms with Gasteiger partial charge < -0.3 is 15.5 Å². The van der Waals surface area contributed by atoms with E-state index in [0.717, 1.165) is 5.56 Å². The zero-order chi connectivity index (χ0) is 15.1. The van der Waals surface area contributed by atoms with Crippen molar-refractivity contribution < 1.29 is 15.0 Å². The maximum Gasteiger partial charge on any atom is 0.253 e. The Bertz CT molecular complexity index is 557. The Morgan fingerprint density at radius 2 is 1.57 bits per heavy atom. The summed E-state index contributed by atoms with van der Waals surface area (Å²) in [6.07, 6.45) is -0.707. The van der Waals surface area contributed by atoms with Gasteiger partial charge in [-0.3, -0.25) is 4.79 Å². The minimum Gasteiger partial charge on any atom is -0.394 e. The number of carbonyl (C=O) groups excluding carboxylic acids is 1. The van der Waals surface area contributed by atoms with Crippen LogP contribution in [0.1, 0.15) is 17.2 Å². The average molecular weight is 285 g/mol. The van der Waals surface area contributed by atoms with Crippen LogP contribution in [0, 0.1) is 0 Å². The van der Waals surface area contributed by atoms with Gasteiger partial charge in [-0.1, -0.05) is 60.7 Å². The molecule has 2 aromatic rings. The Hall–Kier alpha value is -2.17. The van der Waals surface area contributed by atoms with E-state index in [4.69, 9.17) is 0 Å². The van der Waals surface area contributed by atoms with E-state index in [1.165, 1.54) is 0 Å². The second kappa shape index (κ2) is 7.57. The second-order valence-electron chi connectivity index (χ2n) is 4.89. The Kier molecular flexibility index (Phi) is 5.49. The van der Waals surface area contributed by atoms with Crippen molar-refractivity contribution in [1.29, 1.82) is 0 Å². The summed E-state index contributed by atoms with van der Waals surface area (Å²) in [5.41, 5.74) is 1.55. The fraction of sp³-hybridized carbons (Fsp3) is 0.235. The van der Waals surface area contributed by atoms with Crippen molar-refractivity contribution in [1.82, 2.24) is 5.32 Å². The Morgan fingerprint density at radius 1 is 1.00 bits per heavy atom. The van der Waals surface area contributed by atoms with Crippen molar-refractivity contribution in [2.75, 3.05) is 6.61 Å². The highest BCUT2D eigenvalue weighted by molar-refractivity contribution is 5.82. The topological polar surface area (TPSA) is 69.6 Å². The smallest absolute Gasteiger partial charge is 0.253 e. The van der Waals surface area contributed by atoms with Gasteiger partial charge in [0.1, 0.15) is 0 Å². The lowest BCUT2D eigenvalue weighted by Crippen LogP contribution is -2.41. The lowest BCUT2D eigenvalue weighted by molar-refractivity contribution is -0.130. The molecule has 0 unspecified atom stereocenters. The summed E-state index contributed by atoms with van der Waals surface area (Å²) in [4.78, 5) is 12.0. The van der Waals surface area contributed by atoms with Crippen LogP contribution in [0.2, 0.25) is 0 Å². The quantitative estimate of drug-likeness (QED) is 0.752. The molecule has 110 valence electrons. The molecule has 0 aromatic heterocycles. The van der Waals surface area contributed by atoms with Gasteiger partial charge in [0.05, 0.1) is 12.6 Å². The minimum atomic E-state index is -1.23. The van der Waals surface area contributed by atoms with Gasteiger partial charge in [0.25, 0.3) is 5.91 Å². The van der Waals surface area contributed by atoms with E-state index in [2.05, 4.69) is 5.32 Å². The highest BCUT2D eigenvalue weighted by atomic mass is 16.3. The van der Waals surface area contributed by atoms with E-state index in [-0.39, 0.29) is 6.61 Å². The SMILES string of the molecule is O=C(N[C@@H](CO)Cc1ccccc1)[C@@H](O)c1ccccc1. The number of nitrogens with one attached hydrogen (secondary N) is 1. The molecule has 4 nitrogen and oxygen atoms in total. The number of hydrogen-bond acceptors (Lipinski definition) is 3. The van der Waals surface area contributed by atoms with Crippen molar-refractivity contribution in [2.45, 2.75) is 18.6 Å². The molecule has 2 rings (SSSR count). The molecule has 2 aromatic carbocycles. The maximum atomic E-state index is 12.0. The van der Waals surface area contributed by atoms with E-state index < -0.39 is 18.1 Å². The van der Waals surface area contributed by atoms with Crippen LogP contribution >= 0.6 is 0 Å². The van der Waals surface area contributed by atoms with Gasteiger partial charge in [-0.15, -0.1) is 0 Å². The van der Waals surface area contributed by atoms with E-state index >= 15 is 0 Å². The van der Waals surface area contributed by atoms with Crippen molar-refractivity contribution in [3.05, 3.63) is 71.8 Å². The van der Waals surface area contributed by atoms with E-state index in [1.807, 2.05) is 36.4 Å². The molecule has 0 radical (unpaired) electrons. The largest absolute Gasteiger partial charge is 0.394 e. The summed E-state index contributed by atoms with van der Waals surface area (Å²) in [6, 6.07) is 17.9. The fourth-order valence-corrected chi connectivity index (χ4v) is 2.13. The molecule has 0 aliphatic rings. The van der Waals surface area contributed by atoms with Gasteiger partial charge in [0.15, 0.2) is 6.10 Å². The van der Waals surface area contributed by atoms with Crippen LogP contribution in [-0.4, -0.2) is 28.8 Å². The van der Waals surface area contributed by atoms with Gasteiger partial charge in [-0.05, 0) is 17.5 Å². The third kappa shape index (κ3) is 4.41. The second-order valence-corrected chi connectivity index (χ2v) is 4.89. The van der Waals surface area contributed by atoms with Gasteiger partial charge in [-0.2, -0.15) is 0 Å². The summed E-state index contributed by atoms with van der Waals surface area (Å²) in [7, 11) is 0. The van der Waals surface area contributed by atoms with Crippen molar-refractivity contribution >= 4 is 5.91 Å². The first kappa shape index (κ1) is 15.2. The molecule has 0 aliphatic carbocycles.